The van der Waals surface area contributed by atoms with Crippen LogP contribution in [0.25, 0.3) is 22.2 Å². The molecule has 0 aliphatic heterocycles. The number of aryl methyl sites for hydroxylation is 1. The van der Waals surface area contributed by atoms with Crippen molar-refractivity contribution in [1.82, 2.24) is 4.98 Å². The Morgan fingerprint density at radius 3 is 2.47 bits per heavy atom. The van der Waals surface area contributed by atoms with Gasteiger partial charge in [-0.3, -0.25) is 0 Å². The summed E-state index contributed by atoms with van der Waals surface area (Å²) in [5, 5.41) is 1.30. The van der Waals surface area contributed by atoms with Gasteiger partial charge in [0.25, 0.3) is 0 Å². The summed E-state index contributed by atoms with van der Waals surface area (Å²) in [6, 6.07) is 16.9. The molecule has 0 unspecified atom stereocenters. The van der Waals surface area contributed by atoms with E-state index in [1.54, 1.807) is 0 Å². The Kier molecular flexibility index (Phi) is 2.52. The van der Waals surface area contributed by atoms with Crippen LogP contribution in [0.15, 0.2) is 53.0 Å². The number of hydrogen-bond donors (Lipinski definition) is 1. The van der Waals surface area contributed by atoms with Gasteiger partial charge in [-0.15, -0.1) is 0 Å². The number of benzene rings is 2. The lowest BCUT2D eigenvalue weighted by Crippen LogP contribution is -1.75. The molecule has 0 amide bonds. The van der Waals surface area contributed by atoms with Crippen molar-refractivity contribution >= 4 is 26.8 Å². The minimum absolute atomic E-state index is 1.11. The molecule has 0 bridgehead atoms. The summed E-state index contributed by atoms with van der Waals surface area (Å²) >= 11 is 3.45. The fourth-order valence-electron chi connectivity index (χ4n) is 2.09. The first-order chi connectivity index (χ1) is 8.24. The Morgan fingerprint density at radius 1 is 1.00 bits per heavy atom. The van der Waals surface area contributed by atoms with Crippen molar-refractivity contribution in [3.63, 3.8) is 0 Å². The van der Waals surface area contributed by atoms with E-state index in [4.69, 9.17) is 0 Å². The molecule has 1 aromatic heterocycles. The maximum Gasteiger partial charge on any atom is 0.0464 e. The molecular formula is C15H12BrN. The molecule has 1 N–H and O–H groups in total. The topological polar surface area (TPSA) is 15.8 Å². The monoisotopic (exact) mass is 285 g/mol. The van der Waals surface area contributed by atoms with E-state index in [0.29, 0.717) is 0 Å². The van der Waals surface area contributed by atoms with Gasteiger partial charge in [0.15, 0.2) is 0 Å². The van der Waals surface area contributed by atoms with Crippen LogP contribution in [0.5, 0.6) is 0 Å². The van der Waals surface area contributed by atoms with Crippen LogP contribution in [-0.2, 0) is 0 Å². The van der Waals surface area contributed by atoms with E-state index >= 15 is 0 Å². The van der Waals surface area contributed by atoms with Crippen LogP contribution in [0.1, 0.15) is 5.56 Å². The van der Waals surface area contributed by atoms with E-state index in [-0.39, 0.29) is 0 Å². The molecule has 0 atom stereocenters. The van der Waals surface area contributed by atoms with Crippen molar-refractivity contribution in [3.8, 4) is 11.3 Å². The summed E-state index contributed by atoms with van der Waals surface area (Å²) < 4.78 is 1.11. The van der Waals surface area contributed by atoms with E-state index in [1.807, 2.05) is 0 Å². The van der Waals surface area contributed by atoms with Crippen LogP contribution >= 0.6 is 15.9 Å². The van der Waals surface area contributed by atoms with Crippen molar-refractivity contribution in [2.45, 2.75) is 6.92 Å². The zero-order valence-electron chi connectivity index (χ0n) is 9.50. The molecule has 0 saturated carbocycles. The van der Waals surface area contributed by atoms with Gasteiger partial charge in [0.05, 0.1) is 0 Å². The molecule has 1 nitrogen and oxygen atoms in total. The van der Waals surface area contributed by atoms with Gasteiger partial charge in [-0.1, -0.05) is 40.2 Å². The minimum atomic E-state index is 1.11. The second-order valence-corrected chi connectivity index (χ2v) is 5.14. The van der Waals surface area contributed by atoms with Gasteiger partial charge < -0.3 is 4.98 Å². The van der Waals surface area contributed by atoms with Gasteiger partial charge in [0, 0.05) is 21.1 Å². The molecule has 3 rings (SSSR count). The molecule has 0 spiro atoms. The number of hydrogen-bond acceptors (Lipinski definition) is 0. The largest absolute Gasteiger partial charge is 0.355 e. The smallest absolute Gasteiger partial charge is 0.0464 e. The molecule has 1 heterocycles. The molecule has 0 aliphatic rings. The van der Waals surface area contributed by atoms with Gasteiger partial charge in [-0.25, -0.2) is 0 Å². The van der Waals surface area contributed by atoms with Crippen molar-refractivity contribution in [1.29, 1.82) is 0 Å². The lowest BCUT2D eigenvalue weighted by Gasteiger charge is -1.97. The van der Waals surface area contributed by atoms with Gasteiger partial charge in [0.1, 0.15) is 0 Å². The molecule has 0 fully saturated rings. The number of H-pyrrole nitrogens is 1. The average molecular weight is 286 g/mol. The predicted molar refractivity (Wildman–Crippen MR) is 76.2 cm³/mol. The Bertz CT molecular complexity index is 665. The molecule has 2 heteroatoms. The lowest BCUT2D eigenvalue weighted by molar-refractivity contribution is 1.44. The number of rotatable bonds is 1. The highest BCUT2D eigenvalue weighted by Gasteiger charge is 2.04. The Balaban J connectivity index is 2.18. The maximum absolute atomic E-state index is 3.46. The first-order valence-corrected chi connectivity index (χ1v) is 6.37. The molecule has 2 aromatic carbocycles. The molecule has 0 aliphatic carbocycles. The quantitative estimate of drug-likeness (QED) is 0.654. The van der Waals surface area contributed by atoms with Crippen molar-refractivity contribution in [2.24, 2.45) is 0 Å². The maximum atomic E-state index is 3.46. The van der Waals surface area contributed by atoms with E-state index in [1.165, 1.54) is 27.7 Å². The van der Waals surface area contributed by atoms with Gasteiger partial charge in [-0.05, 0) is 42.3 Å². The average Bonchev–Trinajstić information content (AvgIpc) is 2.75. The standard InChI is InChI=1S/C15H12BrN/c1-10-3-2-4-14-13(10)9-15(17-14)11-5-7-12(16)8-6-11/h2-9,17H,1H3. The second kappa shape index (κ2) is 4.04. The first-order valence-electron chi connectivity index (χ1n) is 5.58. The number of aromatic amines is 1. The zero-order valence-corrected chi connectivity index (χ0v) is 11.1. The van der Waals surface area contributed by atoms with Crippen LogP contribution in [-0.4, -0.2) is 4.98 Å². The number of halogens is 1. The summed E-state index contributed by atoms with van der Waals surface area (Å²) in [4.78, 5) is 3.46. The third kappa shape index (κ3) is 1.89. The SMILES string of the molecule is Cc1cccc2[nH]c(-c3ccc(Br)cc3)cc12. The molecule has 84 valence electrons. The number of nitrogens with one attached hydrogen (secondary N) is 1. The summed E-state index contributed by atoms with van der Waals surface area (Å²) in [6.45, 7) is 2.14. The predicted octanol–water partition coefficient (Wildman–Crippen LogP) is 4.91. The number of aromatic nitrogens is 1. The summed E-state index contributed by atoms with van der Waals surface area (Å²) in [6.07, 6.45) is 0. The highest BCUT2D eigenvalue weighted by atomic mass is 79.9. The van der Waals surface area contributed by atoms with Crippen LogP contribution in [0.2, 0.25) is 0 Å². The second-order valence-electron chi connectivity index (χ2n) is 4.23. The van der Waals surface area contributed by atoms with E-state index in [2.05, 4.69) is 76.4 Å². The third-order valence-corrected chi connectivity index (χ3v) is 3.57. The molecular weight excluding hydrogens is 274 g/mol. The van der Waals surface area contributed by atoms with Crippen molar-refractivity contribution in [3.05, 3.63) is 58.6 Å². The van der Waals surface area contributed by atoms with E-state index in [9.17, 15) is 0 Å². The van der Waals surface area contributed by atoms with Gasteiger partial charge >= 0.3 is 0 Å². The van der Waals surface area contributed by atoms with Crippen LogP contribution in [0.4, 0.5) is 0 Å². The van der Waals surface area contributed by atoms with E-state index < -0.39 is 0 Å². The Hall–Kier alpha value is -1.54. The summed E-state index contributed by atoms with van der Waals surface area (Å²) in [7, 11) is 0. The Morgan fingerprint density at radius 2 is 1.76 bits per heavy atom. The molecule has 0 saturated heterocycles. The number of fused-ring (bicyclic) bond motifs is 1. The fourth-order valence-corrected chi connectivity index (χ4v) is 2.36. The molecule has 3 aromatic rings. The normalized spacial score (nSPS) is 10.9. The fraction of sp³-hybridized carbons (Fsp3) is 0.0667. The molecule has 0 radical (unpaired) electrons. The van der Waals surface area contributed by atoms with Gasteiger partial charge in [-0.2, -0.15) is 0 Å². The third-order valence-electron chi connectivity index (χ3n) is 3.04. The van der Waals surface area contributed by atoms with E-state index in [0.717, 1.165) is 4.47 Å². The van der Waals surface area contributed by atoms with Crippen LogP contribution in [0.3, 0.4) is 0 Å². The van der Waals surface area contributed by atoms with Crippen LogP contribution in [0, 0.1) is 6.92 Å². The highest BCUT2D eigenvalue weighted by molar-refractivity contribution is 9.10. The van der Waals surface area contributed by atoms with Crippen molar-refractivity contribution in [2.75, 3.05) is 0 Å². The zero-order chi connectivity index (χ0) is 11.8. The summed E-state index contributed by atoms with van der Waals surface area (Å²) in [5.41, 5.74) is 4.88. The lowest BCUT2D eigenvalue weighted by atomic mass is 10.1. The summed E-state index contributed by atoms with van der Waals surface area (Å²) in [5.74, 6) is 0. The minimum Gasteiger partial charge on any atom is -0.355 e. The Labute approximate surface area is 109 Å². The van der Waals surface area contributed by atoms with Crippen LogP contribution < -0.4 is 0 Å². The van der Waals surface area contributed by atoms with Gasteiger partial charge in [0.2, 0.25) is 0 Å². The molecule has 17 heavy (non-hydrogen) atoms. The van der Waals surface area contributed by atoms with Crippen molar-refractivity contribution < 1.29 is 0 Å². The first kappa shape index (κ1) is 10.6. The highest BCUT2D eigenvalue weighted by Crippen LogP contribution is 2.26.